The number of aromatic nitrogens is 1. The molecule has 2 N–H and O–H groups in total. The van der Waals surface area contributed by atoms with Crippen LogP contribution in [0.5, 0.6) is 0 Å². The Hall–Kier alpha value is -1.17. The lowest BCUT2D eigenvalue weighted by Gasteiger charge is -2.31. The molecule has 0 amide bonds. The van der Waals surface area contributed by atoms with Crippen LogP contribution in [0.4, 0.5) is 14.5 Å². The predicted molar refractivity (Wildman–Crippen MR) is 68.9 cm³/mol. The molecule has 1 aromatic heterocycles. The van der Waals surface area contributed by atoms with E-state index in [1.807, 2.05) is 6.92 Å². The number of rotatable bonds is 2. The van der Waals surface area contributed by atoms with Crippen LogP contribution >= 0.6 is 11.8 Å². The summed E-state index contributed by atoms with van der Waals surface area (Å²) in [5.74, 6) is -0.571. The highest BCUT2D eigenvalue weighted by Gasteiger charge is 2.65. The van der Waals surface area contributed by atoms with Crippen LogP contribution in [0, 0.1) is 11.9 Å². The summed E-state index contributed by atoms with van der Waals surface area (Å²) in [5.41, 5.74) is 7.28. The second-order valence-corrected chi connectivity index (χ2v) is 6.32. The Kier molecular flexibility index (Phi) is 2.42. The summed E-state index contributed by atoms with van der Waals surface area (Å²) in [7, 11) is 0. The van der Waals surface area contributed by atoms with Gasteiger partial charge in [-0.3, -0.25) is 4.99 Å². The second-order valence-electron chi connectivity index (χ2n) is 5.06. The Morgan fingerprint density at radius 1 is 1.61 bits per heavy atom. The van der Waals surface area contributed by atoms with E-state index in [9.17, 15) is 8.78 Å². The number of alkyl halides is 1. The molecule has 2 aliphatic rings. The molecule has 3 nitrogen and oxygen atoms in total. The molecule has 3 rings (SSSR count). The van der Waals surface area contributed by atoms with E-state index in [-0.39, 0.29) is 5.92 Å². The molecule has 1 aliphatic carbocycles. The number of nitrogens with zero attached hydrogens (tertiary/aromatic N) is 2. The summed E-state index contributed by atoms with van der Waals surface area (Å²) in [6, 6.07) is 1.55. The fourth-order valence-corrected chi connectivity index (χ4v) is 3.92. The molecule has 1 saturated carbocycles. The molecule has 0 aromatic carbocycles. The molecule has 2 heterocycles. The number of halogens is 2. The summed E-state index contributed by atoms with van der Waals surface area (Å²) in [4.78, 5) is 8.02. The van der Waals surface area contributed by atoms with Crippen LogP contribution in [0.2, 0.25) is 0 Å². The normalized spacial score (nSPS) is 37.4. The van der Waals surface area contributed by atoms with Crippen molar-refractivity contribution in [2.75, 3.05) is 12.4 Å². The lowest BCUT2D eigenvalue weighted by atomic mass is 9.87. The molecule has 0 unspecified atom stereocenters. The molecule has 3 atom stereocenters. The number of fused-ring (bicyclic) bond motifs is 1. The van der Waals surface area contributed by atoms with E-state index in [4.69, 9.17) is 5.73 Å². The fourth-order valence-electron chi connectivity index (χ4n) is 2.71. The van der Waals surface area contributed by atoms with Crippen LogP contribution in [-0.2, 0) is 5.54 Å². The molecule has 0 saturated heterocycles. The highest BCUT2D eigenvalue weighted by molar-refractivity contribution is 8.13. The number of nitrogens with two attached hydrogens (primary N) is 1. The molecule has 1 aromatic rings. The zero-order valence-corrected chi connectivity index (χ0v) is 10.7. The highest BCUT2D eigenvalue weighted by atomic mass is 32.2. The van der Waals surface area contributed by atoms with Gasteiger partial charge in [0.25, 0.3) is 0 Å². The van der Waals surface area contributed by atoms with E-state index < -0.39 is 22.9 Å². The lowest BCUT2D eigenvalue weighted by Crippen LogP contribution is -2.32. The summed E-state index contributed by atoms with van der Waals surface area (Å²) in [5, 5.41) is 0. The van der Waals surface area contributed by atoms with Crippen LogP contribution in [0.1, 0.15) is 18.9 Å². The Balaban J connectivity index is 2.08. The summed E-state index contributed by atoms with van der Waals surface area (Å²) in [6.07, 6.45) is 1.98. The minimum absolute atomic E-state index is 0.00287. The number of anilines is 1. The minimum Gasteiger partial charge on any atom is -0.397 e. The molecule has 0 spiro atoms. The molecular formula is C12H13F2N3S. The third-order valence-electron chi connectivity index (χ3n) is 3.94. The van der Waals surface area contributed by atoms with Crippen molar-refractivity contribution in [1.29, 1.82) is 0 Å². The van der Waals surface area contributed by atoms with Gasteiger partial charge in [-0.2, -0.15) is 4.39 Å². The van der Waals surface area contributed by atoms with Gasteiger partial charge in [0.15, 0.2) is 0 Å². The van der Waals surface area contributed by atoms with E-state index in [1.165, 1.54) is 18.0 Å². The van der Waals surface area contributed by atoms with E-state index in [2.05, 4.69) is 9.98 Å². The molecule has 18 heavy (non-hydrogen) atoms. The van der Waals surface area contributed by atoms with Crippen molar-refractivity contribution in [3.8, 4) is 0 Å². The zero-order valence-electron chi connectivity index (χ0n) is 9.86. The third kappa shape index (κ3) is 1.48. The average Bonchev–Trinajstić information content (AvgIpc) is 3.09. The van der Waals surface area contributed by atoms with Gasteiger partial charge >= 0.3 is 0 Å². The number of nitrogen functional groups attached to an aromatic ring is 1. The van der Waals surface area contributed by atoms with Crippen LogP contribution in [0.3, 0.4) is 0 Å². The van der Waals surface area contributed by atoms with Crippen molar-refractivity contribution in [3.63, 3.8) is 0 Å². The van der Waals surface area contributed by atoms with E-state index >= 15 is 0 Å². The van der Waals surface area contributed by atoms with Crippen molar-refractivity contribution in [2.24, 2.45) is 10.9 Å². The van der Waals surface area contributed by atoms with Gasteiger partial charge in [-0.05, 0) is 19.4 Å². The average molecular weight is 269 g/mol. The third-order valence-corrected chi connectivity index (χ3v) is 5.18. The topological polar surface area (TPSA) is 51.3 Å². The molecule has 1 fully saturated rings. The number of hydrogen-bond acceptors (Lipinski definition) is 4. The van der Waals surface area contributed by atoms with Gasteiger partial charge < -0.3 is 5.73 Å². The minimum atomic E-state index is -0.760. The van der Waals surface area contributed by atoms with Gasteiger partial charge in [-0.25, -0.2) is 9.37 Å². The molecule has 6 heteroatoms. The summed E-state index contributed by atoms with van der Waals surface area (Å²) in [6.45, 7) is 1.41. The first-order chi connectivity index (χ1) is 8.52. The van der Waals surface area contributed by atoms with Crippen molar-refractivity contribution in [2.45, 2.75) is 23.6 Å². The van der Waals surface area contributed by atoms with Crippen molar-refractivity contribution in [1.82, 2.24) is 4.98 Å². The highest BCUT2D eigenvalue weighted by Crippen LogP contribution is 2.65. The first-order valence-electron chi connectivity index (χ1n) is 5.71. The quantitative estimate of drug-likeness (QED) is 0.839. The smallest absolute Gasteiger partial charge is 0.218 e. The van der Waals surface area contributed by atoms with Crippen molar-refractivity contribution >= 4 is 23.0 Å². The fraction of sp³-hybridized carbons (Fsp3) is 0.500. The van der Waals surface area contributed by atoms with Gasteiger partial charge in [-0.15, -0.1) is 11.8 Å². The van der Waals surface area contributed by atoms with Crippen LogP contribution in [0.15, 0.2) is 17.3 Å². The number of aliphatic imine (C=N–C) groups is 1. The van der Waals surface area contributed by atoms with E-state index in [0.29, 0.717) is 17.7 Å². The largest absolute Gasteiger partial charge is 0.397 e. The second kappa shape index (κ2) is 3.66. The molecular weight excluding hydrogens is 256 g/mol. The molecule has 96 valence electrons. The maximum Gasteiger partial charge on any atom is 0.218 e. The zero-order chi connectivity index (χ0) is 13.0. The van der Waals surface area contributed by atoms with Gasteiger partial charge in [0.2, 0.25) is 5.95 Å². The number of hydrogen-bond donors (Lipinski definition) is 1. The van der Waals surface area contributed by atoms with E-state index in [0.717, 1.165) is 0 Å². The molecule has 0 radical (unpaired) electrons. The van der Waals surface area contributed by atoms with Gasteiger partial charge in [-0.1, -0.05) is 0 Å². The van der Waals surface area contributed by atoms with Crippen LogP contribution in [-0.4, -0.2) is 22.0 Å². The Labute approximate surface area is 108 Å². The van der Waals surface area contributed by atoms with Crippen LogP contribution in [0.25, 0.3) is 0 Å². The van der Waals surface area contributed by atoms with Gasteiger partial charge in [0.05, 0.1) is 27.7 Å². The maximum atomic E-state index is 13.9. The van der Waals surface area contributed by atoms with Crippen molar-refractivity contribution < 1.29 is 8.78 Å². The number of thioether (sulfide) groups is 1. The predicted octanol–water partition coefficient (Wildman–Crippen LogP) is 2.52. The van der Waals surface area contributed by atoms with Gasteiger partial charge in [0, 0.05) is 11.5 Å². The summed E-state index contributed by atoms with van der Waals surface area (Å²) < 4.78 is 26.6. The molecule has 0 bridgehead atoms. The standard InChI is InChI=1S/C12H13F2N3S/c1-11(8-2-7(15)4-16-10(8)14)9-3-12(9,5-13)18-6-17-11/h2,4,6,9H,3,5,15H2,1H3/t9-,11+,12+/m0/s1. The van der Waals surface area contributed by atoms with Crippen LogP contribution < -0.4 is 5.73 Å². The first-order valence-corrected chi connectivity index (χ1v) is 6.59. The van der Waals surface area contributed by atoms with Crippen molar-refractivity contribution in [3.05, 3.63) is 23.8 Å². The lowest BCUT2D eigenvalue weighted by molar-refractivity contribution is 0.361. The Morgan fingerprint density at radius 3 is 3.11 bits per heavy atom. The number of pyridine rings is 1. The monoisotopic (exact) mass is 269 g/mol. The van der Waals surface area contributed by atoms with E-state index in [1.54, 1.807) is 11.6 Å². The Bertz CT molecular complexity index is 536. The summed E-state index contributed by atoms with van der Waals surface area (Å²) >= 11 is 1.41. The molecule has 1 aliphatic heterocycles. The maximum absolute atomic E-state index is 13.9. The SMILES string of the molecule is C[C@]1(c2cc(N)cnc2F)N=CS[C@@]2(CF)C[C@H]21. The van der Waals surface area contributed by atoms with Gasteiger partial charge in [0.1, 0.15) is 6.67 Å². The first kappa shape index (κ1) is 11.9. The Morgan fingerprint density at radius 2 is 2.39 bits per heavy atom.